The fourth-order valence-corrected chi connectivity index (χ4v) is 1.62. The molecule has 0 amide bonds. The lowest BCUT2D eigenvalue weighted by Crippen LogP contribution is -1.96. The van der Waals surface area contributed by atoms with Crippen LogP contribution in [0, 0.1) is 0 Å². The lowest BCUT2D eigenvalue weighted by atomic mass is 10.1. The second-order valence-electron chi connectivity index (χ2n) is 3.71. The number of aromatic carboxylic acids is 1. The Morgan fingerprint density at radius 2 is 2.06 bits per heavy atom. The minimum Gasteiger partial charge on any atom is -0.475 e. The van der Waals surface area contributed by atoms with Gasteiger partial charge in [-0.1, -0.05) is 37.3 Å². The van der Waals surface area contributed by atoms with Gasteiger partial charge in [0.25, 0.3) is 0 Å². The number of benzene rings is 1. The fourth-order valence-electron chi connectivity index (χ4n) is 1.62. The van der Waals surface area contributed by atoms with E-state index in [1.165, 1.54) is 0 Å². The molecule has 0 aliphatic rings. The molecule has 4 heteroatoms. The van der Waals surface area contributed by atoms with Crippen molar-refractivity contribution in [3.63, 3.8) is 0 Å². The SMILES string of the molecule is CCCc1nc(-c2ccccc2)c(C(=O)O)o1. The molecule has 1 aromatic carbocycles. The number of carboxylic acids is 1. The van der Waals surface area contributed by atoms with E-state index in [0.29, 0.717) is 18.0 Å². The molecule has 2 rings (SSSR count). The summed E-state index contributed by atoms with van der Waals surface area (Å²) in [5.74, 6) is -0.692. The van der Waals surface area contributed by atoms with Crippen LogP contribution in [-0.2, 0) is 6.42 Å². The molecule has 1 heterocycles. The molecule has 0 saturated carbocycles. The highest BCUT2D eigenvalue weighted by Gasteiger charge is 2.20. The Kier molecular flexibility index (Phi) is 3.23. The van der Waals surface area contributed by atoms with Crippen LogP contribution in [0.15, 0.2) is 34.7 Å². The normalized spacial score (nSPS) is 10.4. The van der Waals surface area contributed by atoms with E-state index in [9.17, 15) is 4.79 Å². The lowest BCUT2D eigenvalue weighted by molar-refractivity contribution is 0.0661. The Morgan fingerprint density at radius 3 is 2.65 bits per heavy atom. The number of hydrogen-bond donors (Lipinski definition) is 1. The monoisotopic (exact) mass is 231 g/mol. The number of nitrogens with zero attached hydrogens (tertiary/aromatic N) is 1. The van der Waals surface area contributed by atoms with Crippen molar-refractivity contribution in [2.45, 2.75) is 19.8 Å². The van der Waals surface area contributed by atoms with Crippen molar-refractivity contribution in [1.29, 1.82) is 0 Å². The molecule has 0 spiro atoms. The number of carboxylic acid groups (broad SMARTS) is 1. The summed E-state index contributed by atoms with van der Waals surface area (Å²) in [7, 11) is 0. The van der Waals surface area contributed by atoms with Gasteiger partial charge in [0.1, 0.15) is 5.69 Å². The molecule has 0 saturated heterocycles. The van der Waals surface area contributed by atoms with Gasteiger partial charge in [0.15, 0.2) is 5.89 Å². The van der Waals surface area contributed by atoms with Gasteiger partial charge in [-0.2, -0.15) is 0 Å². The van der Waals surface area contributed by atoms with Crippen LogP contribution in [0.3, 0.4) is 0 Å². The van der Waals surface area contributed by atoms with Gasteiger partial charge in [0.05, 0.1) is 0 Å². The molecule has 0 aliphatic heterocycles. The molecule has 0 radical (unpaired) electrons. The van der Waals surface area contributed by atoms with E-state index < -0.39 is 5.97 Å². The fraction of sp³-hybridized carbons (Fsp3) is 0.231. The summed E-state index contributed by atoms with van der Waals surface area (Å²) in [6.07, 6.45) is 1.51. The van der Waals surface area contributed by atoms with Crippen LogP contribution >= 0.6 is 0 Å². The van der Waals surface area contributed by atoms with Crippen LogP contribution in [0.1, 0.15) is 29.8 Å². The number of oxazole rings is 1. The van der Waals surface area contributed by atoms with Gasteiger partial charge in [-0.25, -0.2) is 9.78 Å². The van der Waals surface area contributed by atoms with Crippen LogP contribution < -0.4 is 0 Å². The molecule has 1 N–H and O–H groups in total. The van der Waals surface area contributed by atoms with E-state index in [2.05, 4.69) is 4.98 Å². The van der Waals surface area contributed by atoms with Crippen molar-refractivity contribution in [3.8, 4) is 11.3 Å². The zero-order valence-corrected chi connectivity index (χ0v) is 9.51. The molecule has 88 valence electrons. The van der Waals surface area contributed by atoms with Crippen LogP contribution in [0.5, 0.6) is 0 Å². The highest BCUT2D eigenvalue weighted by atomic mass is 16.4. The van der Waals surface area contributed by atoms with Crippen molar-refractivity contribution in [1.82, 2.24) is 4.98 Å². The van der Waals surface area contributed by atoms with Crippen molar-refractivity contribution < 1.29 is 14.3 Å². The summed E-state index contributed by atoms with van der Waals surface area (Å²) in [6, 6.07) is 9.20. The molecule has 2 aromatic rings. The van der Waals surface area contributed by atoms with Crippen LogP contribution in [-0.4, -0.2) is 16.1 Å². The van der Waals surface area contributed by atoms with Gasteiger partial charge in [-0.05, 0) is 6.42 Å². The molecule has 0 atom stereocenters. The summed E-state index contributed by atoms with van der Waals surface area (Å²) >= 11 is 0. The van der Waals surface area contributed by atoms with E-state index in [4.69, 9.17) is 9.52 Å². The van der Waals surface area contributed by atoms with Crippen molar-refractivity contribution in [2.24, 2.45) is 0 Å². The van der Waals surface area contributed by atoms with Crippen molar-refractivity contribution >= 4 is 5.97 Å². The van der Waals surface area contributed by atoms with Gasteiger partial charge < -0.3 is 9.52 Å². The Labute approximate surface area is 98.9 Å². The van der Waals surface area contributed by atoms with Gasteiger partial charge in [-0.15, -0.1) is 0 Å². The molecule has 0 aliphatic carbocycles. The topological polar surface area (TPSA) is 63.3 Å². The predicted octanol–water partition coefficient (Wildman–Crippen LogP) is 2.99. The lowest BCUT2D eigenvalue weighted by Gasteiger charge is -1.95. The smallest absolute Gasteiger partial charge is 0.374 e. The Bertz CT molecular complexity index is 517. The first-order chi connectivity index (χ1) is 8.22. The number of hydrogen-bond acceptors (Lipinski definition) is 3. The van der Waals surface area contributed by atoms with Gasteiger partial charge in [-0.3, -0.25) is 0 Å². The summed E-state index contributed by atoms with van der Waals surface area (Å²) in [4.78, 5) is 15.3. The predicted molar refractivity (Wildman–Crippen MR) is 62.9 cm³/mol. The molecule has 0 unspecified atom stereocenters. The molecule has 0 fully saturated rings. The van der Waals surface area contributed by atoms with Crippen LogP contribution in [0.25, 0.3) is 11.3 Å². The second kappa shape index (κ2) is 4.82. The average molecular weight is 231 g/mol. The Morgan fingerprint density at radius 1 is 1.35 bits per heavy atom. The van der Waals surface area contributed by atoms with Crippen LogP contribution in [0.2, 0.25) is 0 Å². The molecular formula is C13H13NO3. The summed E-state index contributed by atoms with van der Waals surface area (Å²) in [5.41, 5.74) is 1.16. The summed E-state index contributed by atoms with van der Waals surface area (Å²) in [5, 5.41) is 9.07. The quantitative estimate of drug-likeness (QED) is 0.878. The number of aryl methyl sites for hydroxylation is 1. The second-order valence-corrected chi connectivity index (χ2v) is 3.71. The zero-order valence-electron chi connectivity index (χ0n) is 9.51. The summed E-state index contributed by atoms with van der Waals surface area (Å²) in [6.45, 7) is 1.99. The maximum atomic E-state index is 11.1. The first kappa shape index (κ1) is 11.4. The van der Waals surface area contributed by atoms with E-state index in [0.717, 1.165) is 12.0 Å². The molecule has 17 heavy (non-hydrogen) atoms. The minimum absolute atomic E-state index is 0.0837. The number of carbonyl (C=O) groups is 1. The Balaban J connectivity index is 2.48. The van der Waals surface area contributed by atoms with Crippen molar-refractivity contribution in [2.75, 3.05) is 0 Å². The Hall–Kier alpha value is -2.10. The van der Waals surface area contributed by atoms with E-state index in [1.807, 2.05) is 37.3 Å². The molecule has 1 aromatic heterocycles. The van der Waals surface area contributed by atoms with E-state index in [1.54, 1.807) is 0 Å². The molecule has 0 bridgehead atoms. The number of rotatable bonds is 4. The highest BCUT2D eigenvalue weighted by Crippen LogP contribution is 2.24. The first-order valence-electron chi connectivity index (χ1n) is 5.50. The minimum atomic E-state index is -1.08. The number of aromatic nitrogens is 1. The van der Waals surface area contributed by atoms with Crippen LogP contribution in [0.4, 0.5) is 0 Å². The third-order valence-electron chi connectivity index (χ3n) is 2.38. The van der Waals surface area contributed by atoms with E-state index >= 15 is 0 Å². The van der Waals surface area contributed by atoms with E-state index in [-0.39, 0.29) is 5.76 Å². The van der Waals surface area contributed by atoms with Gasteiger partial charge in [0.2, 0.25) is 5.76 Å². The maximum absolute atomic E-state index is 11.1. The average Bonchev–Trinajstić information content (AvgIpc) is 2.75. The largest absolute Gasteiger partial charge is 0.475 e. The van der Waals surface area contributed by atoms with Gasteiger partial charge in [0, 0.05) is 12.0 Å². The highest BCUT2D eigenvalue weighted by molar-refractivity contribution is 5.91. The molecular weight excluding hydrogens is 218 g/mol. The van der Waals surface area contributed by atoms with Gasteiger partial charge >= 0.3 is 5.97 Å². The third kappa shape index (κ3) is 2.36. The first-order valence-corrected chi connectivity index (χ1v) is 5.50. The third-order valence-corrected chi connectivity index (χ3v) is 2.38. The molecule has 4 nitrogen and oxygen atoms in total. The standard InChI is InChI=1S/C13H13NO3/c1-2-6-10-14-11(12(17-10)13(15)16)9-7-4-3-5-8-9/h3-5,7-8H,2,6H2,1H3,(H,15,16). The summed E-state index contributed by atoms with van der Waals surface area (Å²) < 4.78 is 5.26. The maximum Gasteiger partial charge on any atom is 0.374 e. The zero-order chi connectivity index (χ0) is 12.3. The van der Waals surface area contributed by atoms with Crippen molar-refractivity contribution in [3.05, 3.63) is 42.0 Å².